The van der Waals surface area contributed by atoms with Crippen LogP contribution >= 0.6 is 0 Å². The Bertz CT molecular complexity index is 318. The third-order valence-corrected chi connectivity index (χ3v) is 3.53. The number of nitrogens with zero attached hydrogens (tertiary/aromatic N) is 1. The van der Waals surface area contributed by atoms with E-state index in [1.165, 1.54) is 0 Å². The van der Waals surface area contributed by atoms with Crippen molar-refractivity contribution >= 4 is 12.0 Å². The van der Waals surface area contributed by atoms with Crippen molar-refractivity contribution < 1.29 is 14.7 Å². The molecule has 1 saturated heterocycles. The summed E-state index contributed by atoms with van der Waals surface area (Å²) >= 11 is 0. The summed E-state index contributed by atoms with van der Waals surface area (Å²) in [5.41, 5.74) is 0. The molecule has 1 rings (SSSR count). The molecule has 5 heteroatoms. The van der Waals surface area contributed by atoms with Crippen LogP contribution in [0.1, 0.15) is 40.0 Å². The second kappa shape index (κ2) is 7.36. The van der Waals surface area contributed by atoms with Crippen molar-refractivity contribution in [2.24, 2.45) is 17.8 Å². The lowest BCUT2D eigenvalue weighted by atomic mass is 9.91. The highest BCUT2D eigenvalue weighted by Gasteiger charge is 2.31. The zero-order valence-corrected chi connectivity index (χ0v) is 12.2. The fourth-order valence-corrected chi connectivity index (χ4v) is 2.51. The van der Waals surface area contributed by atoms with E-state index in [4.69, 9.17) is 5.11 Å². The fraction of sp³-hybridized carbons (Fsp3) is 0.857. The van der Waals surface area contributed by atoms with Crippen LogP contribution in [0.25, 0.3) is 0 Å². The first-order chi connectivity index (χ1) is 8.90. The summed E-state index contributed by atoms with van der Waals surface area (Å²) in [5.74, 6) is -0.339. The second-order valence-corrected chi connectivity index (χ2v) is 6.05. The first kappa shape index (κ1) is 15.8. The van der Waals surface area contributed by atoms with E-state index in [0.717, 1.165) is 12.8 Å². The number of urea groups is 1. The maximum absolute atomic E-state index is 12.0. The number of carbonyl (C=O) groups excluding carboxylic acids is 1. The SMILES string of the molecule is CC(C)CCCNC(=O)N1CC(C)CC(C(=O)O)C1. The molecule has 2 amide bonds. The van der Waals surface area contributed by atoms with E-state index in [1.807, 2.05) is 6.92 Å². The van der Waals surface area contributed by atoms with E-state index in [2.05, 4.69) is 19.2 Å². The Hall–Kier alpha value is -1.26. The van der Waals surface area contributed by atoms with E-state index < -0.39 is 11.9 Å². The minimum absolute atomic E-state index is 0.124. The molecule has 2 atom stereocenters. The van der Waals surface area contributed by atoms with Crippen LogP contribution in [0.15, 0.2) is 0 Å². The molecule has 110 valence electrons. The number of likely N-dealkylation sites (tertiary alicyclic amines) is 1. The number of hydrogen-bond acceptors (Lipinski definition) is 2. The maximum Gasteiger partial charge on any atom is 0.317 e. The smallest absolute Gasteiger partial charge is 0.317 e. The van der Waals surface area contributed by atoms with Gasteiger partial charge in [0.2, 0.25) is 0 Å². The van der Waals surface area contributed by atoms with Crippen LogP contribution in [0.5, 0.6) is 0 Å². The molecule has 1 fully saturated rings. The van der Waals surface area contributed by atoms with Crippen molar-refractivity contribution in [1.29, 1.82) is 0 Å². The van der Waals surface area contributed by atoms with Gasteiger partial charge in [-0.25, -0.2) is 4.79 Å². The number of carboxylic acids is 1. The van der Waals surface area contributed by atoms with Crippen molar-refractivity contribution in [1.82, 2.24) is 10.2 Å². The highest BCUT2D eigenvalue weighted by atomic mass is 16.4. The third kappa shape index (κ3) is 5.49. The summed E-state index contributed by atoms with van der Waals surface area (Å²) in [6, 6.07) is -0.124. The number of piperidine rings is 1. The zero-order chi connectivity index (χ0) is 14.4. The van der Waals surface area contributed by atoms with E-state index in [0.29, 0.717) is 32.0 Å². The molecule has 2 unspecified atom stereocenters. The molecular weight excluding hydrogens is 244 g/mol. The number of aliphatic carboxylic acids is 1. The minimum Gasteiger partial charge on any atom is -0.481 e. The van der Waals surface area contributed by atoms with Crippen LogP contribution in [0.2, 0.25) is 0 Å². The number of hydrogen-bond donors (Lipinski definition) is 2. The van der Waals surface area contributed by atoms with Crippen LogP contribution in [-0.4, -0.2) is 41.6 Å². The van der Waals surface area contributed by atoms with Crippen molar-refractivity contribution in [3.8, 4) is 0 Å². The fourth-order valence-electron chi connectivity index (χ4n) is 2.51. The minimum atomic E-state index is -0.802. The molecule has 1 heterocycles. The summed E-state index contributed by atoms with van der Waals surface area (Å²) in [6.45, 7) is 7.96. The highest BCUT2D eigenvalue weighted by Crippen LogP contribution is 2.21. The second-order valence-electron chi connectivity index (χ2n) is 6.05. The number of nitrogens with one attached hydrogen (secondary N) is 1. The maximum atomic E-state index is 12.0. The Labute approximate surface area is 115 Å². The van der Waals surface area contributed by atoms with Crippen LogP contribution in [0, 0.1) is 17.8 Å². The monoisotopic (exact) mass is 270 g/mol. The predicted octanol–water partition coefficient (Wildman–Crippen LogP) is 2.17. The lowest BCUT2D eigenvalue weighted by Crippen LogP contribution is -2.49. The summed E-state index contributed by atoms with van der Waals surface area (Å²) < 4.78 is 0. The summed E-state index contributed by atoms with van der Waals surface area (Å²) in [5, 5.41) is 12.0. The number of amides is 2. The van der Waals surface area contributed by atoms with E-state index >= 15 is 0 Å². The van der Waals surface area contributed by atoms with Gasteiger partial charge in [0.25, 0.3) is 0 Å². The molecule has 5 nitrogen and oxygen atoms in total. The number of carbonyl (C=O) groups is 2. The van der Waals surface area contributed by atoms with Gasteiger partial charge in [0, 0.05) is 19.6 Å². The summed E-state index contributed by atoms with van der Waals surface area (Å²) in [4.78, 5) is 24.7. The van der Waals surface area contributed by atoms with Crippen LogP contribution in [0.3, 0.4) is 0 Å². The predicted molar refractivity (Wildman–Crippen MR) is 74.0 cm³/mol. The first-order valence-corrected chi connectivity index (χ1v) is 7.15. The third-order valence-electron chi connectivity index (χ3n) is 3.53. The molecule has 1 aliphatic heterocycles. The molecule has 19 heavy (non-hydrogen) atoms. The molecule has 0 saturated carbocycles. The average molecular weight is 270 g/mol. The van der Waals surface area contributed by atoms with Crippen LogP contribution in [0.4, 0.5) is 4.79 Å². The van der Waals surface area contributed by atoms with Gasteiger partial charge in [-0.1, -0.05) is 20.8 Å². The molecule has 1 aliphatic rings. The molecule has 0 spiro atoms. The van der Waals surface area contributed by atoms with Gasteiger partial charge in [-0.15, -0.1) is 0 Å². The van der Waals surface area contributed by atoms with Gasteiger partial charge in [0.15, 0.2) is 0 Å². The van der Waals surface area contributed by atoms with E-state index in [-0.39, 0.29) is 11.9 Å². The molecule has 0 aromatic carbocycles. The quantitative estimate of drug-likeness (QED) is 0.752. The summed E-state index contributed by atoms with van der Waals surface area (Å²) in [6.07, 6.45) is 2.72. The largest absolute Gasteiger partial charge is 0.481 e. The lowest BCUT2D eigenvalue weighted by Gasteiger charge is -2.34. The summed E-state index contributed by atoms with van der Waals surface area (Å²) in [7, 11) is 0. The Balaban J connectivity index is 2.36. The average Bonchev–Trinajstić information content (AvgIpc) is 2.33. The molecular formula is C14H26N2O3. The van der Waals surface area contributed by atoms with Crippen molar-refractivity contribution in [3.63, 3.8) is 0 Å². The van der Waals surface area contributed by atoms with Gasteiger partial charge >= 0.3 is 12.0 Å². The van der Waals surface area contributed by atoms with Crippen molar-refractivity contribution in [3.05, 3.63) is 0 Å². The standard InChI is InChI=1S/C14H26N2O3/c1-10(2)5-4-6-15-14(19)16-8-11(3)7-12(9-16)13(17)18/h10-12H,4-9H2,1-3H3,(H,15,19)(H,17,18). The lowest BCUT2D eigenvalue weighted by molar-refractivity contribution is -0.143. The van der Waals surface area contributed by atoms with E-state index in [9.17, 15) is 9.59 Å². The topological polar surface area (TPSA) is 69.6 Å². The molecule has 2 N–H and O–H groups in total. The number of rotatable bonds is 5. The van der Waals surface area contributed by atoms with Crippen LogP contribution in [-0.2, 0) is 4.79 Å². The Kier molecular flexibility index (Phi) is 6.12. The Morgan fingerprint density at radius 3 is 2.63 bits per heavy atom. The van der Waals surface area contributed by atoms with Gasteiger partial charge in [-0.05, 0) is 31.1 Å². The molecule has 0 aromatic heterocycles. The van der Waals surface area contributed by atoms with Gasteiger partial charge in [-0.3, -0.25) is 4.79 Å². The van der Waals surface area contributed by atoms with Gasteiger partial charge in [-0.2, -0.15) is 0 Å². The molecule has 0 aromatic rings. The molecule has 0 bridgehead atoms. The Morgan fingerprint density at radius 2 is 2.05 bits per heavy atom. The van der Waals surface area contributed by atoms with Crippen molar-refractivity contribution in [2.75, 3.05) is 19.6 Å². The van der Waals surface area contributed by atoms with Crippen LogP contribution < -0.4 is 5.32 Å². The first-order valence-electron chi connectivity index (χ1n) is 7.15. The van der Waals surface area contributed by atoms with Gasteiger partial charge in [0.1, 0.15) is 0 Å². The van der Waals surface area contributed by atoms with Crippen molar-refractivity contribution in [2.45, 2.75) is 40.0 Å². The van der Waals surface area contributed by atoms with E-state index in [1.54, 1.807) is 4.90 Å². The number of carboxylic acid groups (broad SMARTS) is 1. The zero-order valence-electron chi connectivity index (χ0n) is 12.2. The Morgan fingerprint density at radius 1 is 1.37 bits per heavy atom. The normalized spacial score (nSPS) is 23.5. The van der Waals surface area contributed by atoms with Gasteiger partial charge < -0.3 is 15.3 Å². The molecule has 0 aliphatic carbocycles. The van der Waals surface area contributed by atoms with Gasteiger partial charge in [0.05, 0.1) is 5.92 Å². The molecule has 0 radical (unpaired) electrons. The highest BCUT2D eigenvalue weighted by molar-refractivity contribution is 5.76.